The predicted molar refractivity (Wildman–Crippen MR) is 127 cm³/mol. The summed E-state index contributed by atoms with van der Waals surface area (Å²) in [6.07, 6.45) is 0.166. The molecule has 0 saturated heterocycles. The number of hydrogen-bond donors (Lipinski definition) is 2. The number of nitrogens with one attached hydrogen (secondary N) is 2. The van der Waals surface area contributed by atoms with Gasteiger partial charge in [0.2, 0.25) is 15.9 Å². The van der Waals surface area contributed by atoms with Gasteiger partial charge >= 0.3 is 0 Å². The zero-order valence-corrected chi connectivity index (χ0v) is 19.6. The number of aryl methyl sites for hydroxylation is 2. The summed E-state index contributed by atoms with van der Waals surface area (Å²) in [5.41, 5.74) is 2.92. The van der Waals surface area contributed by atoms with Crippen molar-refractivity contribution in [3.05, 3.63) is 88.4 Å². The molecule has 3 aromatic rings. The fourth-order valence-electron chi connectivity index (χ4n) is 3.18. The van der Waals surface area contributed by atoms with Crippen molar-refractivity contribution in [2.75, 3.05) is 12.4 Å². The number of sulfonamides is 1. The molecule has 3 aromatic carbocycles. The Labute approximate surface area is 193 Å². The normalized spacial score (nSPS) is 12.2. The number of anilines is 1. The van der Waals surface area contributed by atoms with Crippen molar-refractivity contribution >= 4 is 33.2 Å². The molecule has 3 rings (SSSR count). The van der Waals surface area contributed by atoms with E-state index in [-0.39, 0.29) is 17.1 Å². The maximum absolute atomic E-state index is 13.2. The molecule has 1 atom stereocenters. The number of halogens is 1. The highest BCUT2D eigenvalue weighted by Gasteiger charge is 2.28. The minimum atomic E-state index is -4.06. The molecule has 1 amide bonds. The third kappa shape index (κ3) is 5.88. The van der Waals surface area contributed by atoms with Crippen molar-refractivity contribution in [2.24, 2.45) is 0 Å². The van der Waals surface area contributed by atoms with Crippen LogP contribution in [0.2, 0.25) is 5.02 Å². The minimum Gasteiger partial charge on any atom is -0.495 e. The highest BCUT2D eigenvalue weighted by atomic mass is 35.5. The van der Waals surface area contributed by atoms with Gasteiger partial charge in [-0.25, -0.2) is 8.42 Å². The highest BCUT2D eigenvalue weighted by molar-refractivity contribution is 7.89. The van der Waals surface area contributed by atoms with Crippen LogP contribution in [-0.2, 0) is 21.2 Å². The van der Waals surface area contributed by atoms with Gasteiger partial charge in [-0.15, -0.1) is 0 Å². The molecule has 0 heterocycles. The number of carbonyl (C=O) groups is 1. The van der Waals surface area contributed by atoms with Crippen molar-refractivity contribution in [2.45, 2.75) is 31.2 Å². The molecule has 0 fully saturated rings. The number of hydrogen-bond acceptors (Lipinski definition) is 4. The molecule has 168 valence electrons. The molecule has 0 saturated carbocycles. The maximum atomic E-state index is 13.2. The number of rotatable bonds is 8. The highest BCUT2D eigenvalue weighted by Crippen LogP contribution is 2.25. The first kappa shape index (κ1) is 23.8. The SMILES string of the molecule is COc1ccc(C)cc1S(=O)(=O)NC(Cc1ccccc1)C(=O)Nc1ccc(C)c(Cl)c1. The first-order chi connectivity index (χ1) is 15.2. The molecule has 1 unspecified atom stereocenters. The Bertz CT molecular complexity index is 1210. The standard InChI is InChI=1S/C24H25ClN2O4S/c1-16-9-12-22(31-3)23(13-16)32(29,30)27-21(14-18-7-5-4-6-8-18)24(28)26-19-11-10-17(2)20(25)15-19/h4-13,15,21,27H,14H2,1-3H3,(H,26,28). The Morgan fingerprint density at radius 1 is 1.03 bits per heavy atom. The molecule has 0 radical (unpaired) electrons. The molecule has 0 aliphatic rings. The smallest absolute Gasteiger partial charge is 0.245 e. The van der Waals surface area contributed by atoms with E-state index in [1.165, 1.54) is 13.2 Å². The fourth-order valence-corrected chi connectivity index (χ4v) is 4.81. The van der Waals surface area contributed by atoms with Crippen LogP contribution in [0.25, 0.3) is 0 Å². The zero-order chi connectivity index (χ0) is 23.3. The molecule has 2 N–H and O–H groups in total. The quantitative estimate of drug-likeness (QED) is 0.505. The topological polar surface area (TPSA) is 84.5 Å². The van der Waals surface area contributed by atoms with Crippen LogP contribution in [0.4, 0.5) is 5.69 Å². The van der Waals surface area contributed by atoms with Gasteiger partial charge in [0.1, 0.15) is 16.7 Å². The lowest BCUT2D eigenvalue weighted by molar-refractivity contribution is -0.117. The lowest BCUT2D eigenvalue weighted by Crippen LogP contribution is -2.45. The average molecular weight is 473 g/mol. The van der Waals surface area contributed by atoms with Crippen LogP contribution in [-0.4, -0.2) is 27.5 Å². The number of carbonyl (C=O) groups excluding carboxylic acids is 1. The molecule has 0 aliphatic carbocycles. The summed E-state index contributed by atoms with van der Waals surface area (Å²) in [5, 5.41) is 3.27. The molecule has 32 heavy (non-hydrogen) atoms. The van der Waals surface area contributed by atoms with E-state index in [1.807, 2.05) is 37.3 Å². The third-order valence-corrected chi connectivity index (χ3v) is 6.84. The second-order valence-corrected chi connectivity index (χ2v) is 9.56. The van der Waals surface area contributed by atoms with Crippen LogP contribution in [0.5, 0.6) is 5.75 Å². The van der Waals surface area contributed by atoms with E-state index in [0.29, 0.717) is 10.7 Å². The molecule has 6 nitrogen and oxygen atoms in total. The van der Waals surface area contributed by atoms with Gasteiger partial charge in [0, 0.05) is 10.7 Å². The largest absolute Gasteiger partial charge is 0.495 e. The third-order valence-electron chi connectivity index (χ3n) is 4.94. The molecular formula is C24H25ClN2O4S. The second-order valence-electron chi connectivity index (χ2n) is 7.47. The Hall–Kier alpha value is -2.87. The monoisotopic (exact) mass is 472 g/mol. The van der Waals surface area contributed by atoms with E-state index in [4.69, 9.17) is 16.3 Å². The average Bonchev–Trinajstić information content (AvgIpc) is 2.76. The lowest BCUT2D eigenvalue weighted by Gasteiger charge is -2.20. The van der Waals surface area contributed by atoms with E-state index >= 15 is 0 Å². The van der Waals surface area contributed by atoms with Gasteiger partial charge in [-0.1, -0.05) is 54.1 Å². The van der Waals surface area contributed by atoms with Crippen molar-refractivity contribution in [1.29, 1.82) is 0 Å². The minimum absolute atomic E-state index is 0.0238. The number of ether oxygens (including phenoxy) is 1. The van der Waals surface area contributed by atoms with E-state index in [9.17, 15) is 13.2 Å². The van der Waals surface area contributed by atoms with Crippen LogP contribution in [0.3, 0.4) is 0 Å². The van der Waals surface area contributed by atoms with E-state index in [2.05, 4.69) is 10.0 Å². The summed E-state index contributed by atoms with van der Waals surface area (Å²) in [7, 11) is -2.66. The van der Waals surface area contributed by atoms with Crippen LogP contribution < -0.4 is 14.8 Å². The summed E-state index contributed by atoms with van der Waals surface area (Å²) in [5.74, 6) is -0.295. The molecule has 8 heteroatoms. The number of amides is 1. The molecular weight excluding hydrogens is 448 g/mol. The van der Waals surface area contributed by atoms with Crippen molar-refractivity contribution in [3.63, 3.8) is 0 Å². The molecule has 0 spiro atoms. The van der Waals surface area contributed by atoms with Gasteiger partial charge in [-0.2, -0.15) is 4.72 Å². The van der Waals surface area contributed by atoms with E-state index in [0.717, 1.165) is 16.7 Å². The van der Waals surface area contributed by atoms with Gasteiger partial charge in [-0.05, 0) is 61.2 Å². The Kier molecular flexibility index (Phi) is 7.56. The Balaban J connectivity index is 1.92. The van der Waals surface area contributed by atoms with Crippen LogP contribution in [0.15, 0.2) is 71.6 Å². The summed E-state index contributed by atoms with van der Waals surface area (Å²) in [6.45, 7) is 3.64. The molecule has 0 aromatic heterocycles. The van der Waals surface area contributed by atoms with Crippen molar-refractivity contribution < 1.29 is 17.9 Å². The number of benzene rings is 3. The van der Waals surface area contributed by atoms with Gasteiger partial charge < -0.3 is 10.1 Å². The zero-order valence-electron chi connectivity index (χ0n) is 18.1. The first-order valence-corrected chi connectivity index (χ1v) is 11.8. The summed E-state index contributed by atoms with van der Waals surface area (Å²) in [4.78, 5) is 13.1. The van der Waals surface area contributed by atoms with Crippen LogP contribution in [0.1, 0.15) is 16.7 Å². The molecule has 0 bridgehead atoms. The summed E-state index contributed by atoms with van der Waals surface area (Å²) in [6, 6.07) is 18.1. The second kappa shape index (κ2) is 10.2. The first-order valence-electron chi connectivity index (χ1n) is 9.97. The number of methoxy groups -OCH3 is 1. The van der Waals surface area contributed by atoms with Gasteiger partial charge in [0.15, 0.2) is 0 Å². The fraction of sp³-hybridized carbons (Fsp3) is 0.208. The maximum Gasteiger partial charge on any atom is 0.245 e. The van der Waals surface area contributed by atoms with E-state index < -0.39 is 22.0 Å². The summed E-state index contributed by atoms with van der Waals surface area (Å²) >= 11 is 6.16. The van der Waals surface area contributed by atoms with Gasteiger partial charge in [0.25, 0.3) is 0 Å². The van der Waals surface area contributed by atoms with Crippen LogP contribution >= 0.6 is 11.6 Å². The van der Waals surface area contributed by atoms with Gasteiger partial charge in [0.05, 0.1) is 7.11 Å². The Morgan fingerprint density at radius 2 is 1.75 bits per heavy atom. The van der Waals surface area contributed by atoms with Crippen molar-refractivity contribution in [3.8, 4) is 5.75 Å². The summed E-state index contributed by atoms with van der Waals surface area (Å²) < 4.78 is 34.2. The lowest BCUT2D eigenvalue weighted by atomic mass is 10.1. The van der Waals surface area contributed by atoms with Crippen LogP contribution in [0, 0.1) is 13.8 Å². The Morgan fingerprint density at radius 3 is 2.41 bits per heavy atom. The predicted octanol–water partition coefficient (Wildman–Crippen LogP) is 4.49. The van der Waals surface area contributed by atoms with E-state index in [1.54, 1.807) is 37.3 Å². The van der Waals surface area contributed by atoms with Gasteiger partial charge in [-0.3, -0.25) is 4.79 Å². The van der Waals surface area contributed by atoms with Crippen molar-refractivity contribution in [1.82, 2.24) is 4.72 Å². The molecule has 0 aliphatic heterocycles.